The second-order valence-electron chi connectivity index (χ2n) is 8.54. The summed E-state index contributed by atoms with van der Waals surface area (Å²) in [6.07, 6.45) is -0.671. The van der Waals surface area contributed by atoms with Gasteiger partial charge < -0.3 is 10.1 Å². The van der Waals surface area contributed by atoms with Gasteiger partial charge in [-0.05, 0) is 75.7 Å². The van der Waals surface area contributed by atoms with Crippen LogP contribution in [0.4, 0.5) is 20.6 Å². The number of carbonyl (C=O) groups excluding carboxylic acids is 2. The first-order valence-corrected chi connectivity index (χ1v) is 10.9. The molecule has 0 aromatic heterocycles. The third-order valence-corrected chi connectivity index (χ3v) is 4.84. The number of anilines is 2. The van der Waals surface area contributed by atoms with Crippen molar-refractivity contribution in [3.63, 3.8) is 0 Å². The van der Waals surface area contributed by atoms with E-state index in [9.17, 15) is 14.0 Å². The summed E-state index contributed by atoms with van der Waals surface area (Å²) < 4.78 is 20.0. The van der Waals surface area contributed by atoms with Crippen molar-refractivity contribution in [3.05, 3.63) is 93.8 Å². The zero-order chi connectivity index (χ0) is 24.9. The Labute approximate surface area is 203 Å². The number of amides is 2. The smallest absolute Gasteiger partial charge is 0.412 e. The van der Waals surface area contributed by atoms with Gasteiger partial charge in [-0.2, -0.15) is 0 Å². The molecule has 0 saturated carbocycles. The molecule has 0 bridgehead atoms. The number of nitrogens with one attached hydrogen (secondary N) is 2. The highest BCUT2D eigenvalue weighted by atomic mass is 35.5. The lowest BCUT2D eigenvalue weighted by Gasteiger charge is -2.20. The average molecular weight is 479 g/mol. The lowest BCUT2D eigenvalue weighted by atomic mass is 10.1. The number of halogens is 2. The molecule has 34 heavy (non-hydrogen) atoms. The lowest BCUT2D eigenvalue weighted by molar-refractivity contribution is 0.0635. The fourth-order valence-corrected chi connectivity index (χ4v) is 3.22. The molecule has 174 valence electrons. The Morgan fingerprint density at radius 2 is 1.62 bits per heavy atom. The Balaban J connectivity index is 1.79. The van der Waals surface area contributed by atoms with Crippen LogP contribution < -0.4 is 10.6 Å². The lowest BCUT2D eigenvalue weighted by Crippen LogP contribution is -2.27. The molecule has 5 nitrogen and oxygen atoms in total. The zero-order valence-corrected chi connectivity index (χ0v) is 20.0. The van der Waals surface area contributed by atoms with E-state index < -0.39 is 23.4 Å². The van der Waals surface area contributed by atoms with E-state index in [0.717, 1.165) is 5.56 Å². The van der Waals surface area contributed by atoms with Crippen molar-refractivity contribution < 1.29 is 18.7 Å². The Bertz CT molecular complexity index is 1270. The molecule has 2 amide bonds. The van der Waals surface area contributed by atoms with Gasteiger partial charge in [0.2, 0.25) is 0 Å². The van der Waals surface area contributed by atoms with E-state index in [-0.39, 0.29) is 16.3 Å². The maximum atomic E-state index is 14.8. The highest BCUT2D eigenvalue weighted by Gasteiger charge is 2.19. The molecule has 3 aromatic rings. The van der Waals surface area contributed by atoms with Crippen LogP contribution in [-0.4, -0.2) is 17.6 Å². The van der Waals surface area contributed by atoms with E-state index in [2.05, 4.69) is 22.5 Å². The largest absolute Gasteiger partial charge is 0.444 e. The van der Waals surface area contributed by atoms with Crippen LogP contribution in [0.15, 0.2) is 60.7 Å². The highest BCUT2D eigenvalue weighted by molar-refractivity contribution is 6.34. The number of aryl methyl sites for hydroxylation is 1. The van der Waals surface area contributed by atoms with Crippen molar-refractivity contribution in [1.29, 1.82) is 0 Å². The van der Waals surface area contributed by atoms with Crippen LogP contribution >= 0.6 is 11.6 Å². The van der Waals surface area contributed by atoms with Gasteiger partial charge in [-0.25, -0.2) is 9.18 Å². The van der Waals surface area contributed by atoms with Gasteiger partial charge in [-0.1, -0.05) is 41.6 Å². The van der Waals surface area contributed by atoms with E-state index in [0.29, 0.717) is 16.8 Å². The van der Waals surface area contributed by atoms with Gasteiger partial charge in [0.15, 0.2) is 0 Å². The van der Waals surface area contributed by atoms with Crippen LogP contribution in [0, 0.1) is 24.6 Å². The van der Waals surface area contributed by atoms with E-state index in [1.54, 1.807) is 33.8 Å². The topological polar surface area (TPSA) is 67.4 Å². The molecule has 0 spiro atoms. The Kier molecular flexibility index (Phi) is 7.60. The van der Waals surface area contributed by atoms with Gasteiger partial charge in [-0.15, -0.1) is 0 Å². The molecule has 0 aliphatic rings. The van der Waals surface area contributed by atoms with Crippen LogP contribution in [0.1, 0.15) is 47.8 Å². The molecule has 7 heteroatoms. The van der Waals surface area contributed by atoms with Crippen LogP contribution in [0.2, 0.25) is 5.02 Å². The van der Waals surface area contributed by atoms with Crippen LogP contribution in [0.3, 0.4) is 0 Å². The molecule has 2 N–H and O–H groups in total. The van der Waals surface area contributed by atoms with Crippen LogP contribution in [0.5, 0.6) is 0 Å². The molecule has 0 saturated heterocycles. The Morgan fingerprint density at radius 1 is 0.941 bits per heavy atom. The summed E-state index contributed by atoms with van der Waals surface area (Å²) in [4.78, 5) is 24.9. The minimum absolute atomic E-state index is 0.0248. The molecule has 0 atom stereocenters. The van der Waals surface area contributed by atoms with Gasteiger partial charge in [0, 0.05) is 16.8 Å². The van der Waals surface area contributed by atoms with Crippen LogP contribution in [-0.2, 0) is 4.74 Å². The molecule has 3 aromatic carbocycles. The molecule has 0 fully saturated rings. The van der Waals surface area contributed by atoms with Gasteiger partial charge >= 0.3 is 6.09 Å². The molecule has 0 unspecified atom stereocenters. The summed E-state index contributed by atoms with van der Waals surface area (Å²) in [6.45, 7) is 6.89. The van der Waals surface area contributed by atoms with Gasteiger partial charge in [0.1, 0.15) is 11.4 Å². The molecule has 0 aliphatic heterocycles. The summed E-state index contributed by atoms with van der Waals surface area (Å²) in [5, 5.41) is 5.27. The van der Waals surface area contributed by atoms with Gasteiger partial charge in [-0.3, -0.25) is 10.1 Å². The first-order valence-electron chi connectivity index (χ1n) is 10.5. The predicted octanol–water partition coefficient (Wildman–Crippen LogP) is 6.79. The van der Waals surface area contributed by atoms with Crippen LogP contribution in [0.25, 0.3) is 0 Å². The summed E-state index contributed by atoms with van der Waals surface area (Å²) in [5.74, 6) is 4.67. The second kappa shape index (κ2) is 10.4. The predicted molar refractivity (Wildman–Crippen MR) is 133 cm³/mol. The standard InChI is InChI=1S/C27H24ClFN2O3/c1-17-14-19(11-10-18-8-6-5-7-9-18)15-23(29)24(17)31-25(32)21-16-20(12-13-22(21)28)30-26(33)34-27(2,3)4/h5-9,12-16H,1-4H3,(H,30,33)(H,31,32). The summed E-state index contributed by atoms with van der Waals surface area (Å²) in [6, 6.07) is 16.7. The van der Waals surface area contributed by atoms with E-state index in [4.69, 9.17) is 16.3 Å². The van der Waals surface area contributed by atoms with E-state index in [1.807, 2.05) is 30.3 Å². The first kappa shape index (κ1) is 24.8. The minimum Gasteiger partial charge on any atom is -0.444 e. The minimum atomic E-state index is -0.677. The SMILES string of the molecule is Cc1cc(C#Cc2ccccc2)cc(F)c1NC(=O)c1cc(NC(=O)OC(C)(C)C)ccc1Cl. The summed E-state index contributed by atoms with van der Waals surface area (Å²) in [7, 11) is 0. The first-order chi connectivity index (χ1) is 16.0. The molecular weight excluding hydrogens is 455 g/mol. The van der Waals surface area contributed by atoms with Gasteiger partial charge in [0.05, 0.1) is 16.3 Å². The maximum absolute atomic E-state index is 14.8. The fraction of sp³-hybridized carbons (Fsp3) is 0.185. The third kappa shape index (κ3) is 6.84. The Morgan fingerprint density at radius 3 is 2.26 bits per heavy atom. The number of hydrogen-bond donors (Lipinski definition) is 2. The highest BCUT2D eigenvalue weighted by Crippen LogP contribution is 2.26. The number of rotatable bonds is 3. The van der Waals surface area contributed by atoms with Crippen molar-refractivity contribution in [2.75, 3.05) is 10.6 Å². The van der Waals surface area contributed by atoms with Gasteiger partial charge in [0.25, 0.3) is 5.91 Å². The van der Waals surface area contributed by atoms with Crippen molar-refractivity contribution in [3.8, 4) is 11.8 Å². The molecule has 0 heterocycles. The second-order valence-corrected chi connectivity index (χ2v) is 8.95. The average Bonchev–Trinajstić information content (AvgIpc) is 2.75. The maximum Gasteiger partial charge on any atom is 0.412 e. The molecule has 3 rings (SSSR count). The van der Waals surface area contributed by atoms with E-state index in [1.165, 1.54) is 24.3 Å². The number of benzene rings is 3. The van der Waals surface area contributed by atoms with Crippen molar-refractivity contribution in [2.24, 2.45) is 0 Å². The quantitative estimate of drug-likeness (QED) is 0.407. The van der Waals surface area contributed by atoms with Crippen molar-refractivity contribution >= 4 is 35.0 Å². The van der Waals surface area contributed by atoms with E-state index >= 15 is 0 Å². The molecular formula is C27H24ClFN2O3. The van der Waals surface area contributed by atoms with Crippen molar-refractivity contribution in [1.82, 2.24) is 0 Å². The fourth-order valence-electron chi connectivity index (χ4n) is 3.02. The number of ether oxygens (including phenoxy) is 1. The monoisotopic (exact) mass is 478 g/mol. The summed E-state index contributed by atoms with van der Waals surface area (Å²) in [5.41, 5.74) is 1.53. The third-order valence-electron chi connectivity index (χ3n) is 4.51. The number of hydrogen-bond acceptors (Lipinski definition) is 3. The normalized spacial score (nSPS) is 10.6. The van der Waals surface area contributed by atoms with Crippen molar-refractivity contribution in [2.45, 2.75) is 33.3 Å². The molecule has 0 aliphatic carbocycles. The summed E-state index contributed by atoms with van der Waals surface area (Å²) >= 11 is 6.19. The zero-order valence-electron chi connectivity index (χ0n) is 19.3. The Hall–Kier alpha value is -3.82. The molecule has 0 radical (unpaired) electrons. The number of carbonyl (C=O) groups is 2.